The molecule has 4 rings (SSSR count). The van der Waals surface area contributed by atoms with Crippen LogP contribution in [0.2, 0.25) is 0 Å². The van der Waals surface area contributed by atoms with Crippen LogP contribution in [-0.4, -0.2) is 4.98 Å². The van der Waals surface area contributed by atoms with Gasteiger partial charge in [-0.3, -0.25) is 4.98 Å². The first-order valence-corrected chi connectivity index (χ1v) is 10.6. The number of nitrogens with one attached hydrogen (secondary N) is 1. The molecule has 0 aliphatic rings. The van der Waals surface area contributed by atoms with Crippen molar-refractivity contribution < 1.29 is 0 Å². The highest BCUT2D eigenvalue weighted by Crippen LogP contribution is 2.33. The molecule has 4 aromatic rings. The SMILES string of the molecule is Cc1cccc(C(C)C)c1NC(c1ccccc1)c1cccc(-c2ccccc2)n1. The first-order valence-electron chi connectivity index (χ1n) is 10.6. The Kier molecular flexibility index (Phi) is 5.94. The fourth-order valence-electron chi connectivity index (χ4n) is 3.87. The molecule has 1 atom stereocenters. The maximum absolute atomic E-state index is 5.06. The van der Waals surface area contributed by atoms with Crippen molar-refractivity contribution in [2.24, 2.45) is 0 Å². The third-order valence-corrected chi connectivity index (χ3v) is 5.48. The first-order chi connectivity index (χ1) is 14.6. The molecule has 1 aromatic heterocycles. The number of pyridine rings is 1. The van der Waals surface area contributed by atoms with Gasteiger partial charge in [0.05, 0.1) is 17.4 Å². The van der Waals surface area contributed by atoms with Gasteiger partial charge in [-0.15, -0.1) is 0 Å². The minimum atomic E-state index is -0.0338. The second-order valence-electron chi connectivity index (χ2n) is 8.00. The second-order valence-corrected chi connectivity index (χ2v) is 8.00. The molecule has 3 aromatic carbocycles. The van der Waals surface area contributed by atoms with E-state index < -0.39 is 0 Å². The Morgan fingerprint density at radius 2 is 1.37 bits per heavy atom. The van der Waals surface area contributed by atoms with E-state index in [1.165, 1.54) is 22.4 Å². The summed E-state index contributed by atoms with van der Waals surface area (Å²) in [6, 6.07) is 33.7. The molecule has 0 radical (unpaired) electrons. The van der Waals surface area contributed by atoms with Crippen molar-refractivity contribution in [2.75, 3.05) is 5.32 Å². The Morgan fingerprint density at radius 1 is 0.700 bits per heavy atom. The molecule has 0 fully saturated rings. The Hall–Kier alpha value is -3.39. The minimum Gasteiger partial charge on any atom is -0.372 e. The smallest absolute Gasteiger partial charge is 0.0940 e. The highest BCUT2D eigenvalue weighted by atomic mass is 15.0. The summed E-state index contributed by atoms with van der Waals surface area (Å²) in [5.74, 6) is 0.437. The lowest BCUT2D eigenvalue weighted by molar-refractivity contribution is 0.842. The molecule has 30 heavy (non-hydrogen) atoms. The van der Waals surface area contributed by atoms with E-state index in [9.17, 15) is 0 Å². The molecule has 0 saturated carbocycles. The van der Waals surface area contributed by atoms with E-state index in [4.69, 9.17) is 4.98 Å². The third-order valence-electron chi connectivity index (χ3n) is 5.48. The fourth-order valence-corrected chi connectivity index (χ4v) is 3.87. The maximum Gasteiger partial charge on any atom is 0.0940 e. The summed E-state index contributed by atoms with van der Waals surface area (Å²) < 4.78 is 0. The predicted octanol–water partition coefficient (Wildman–Crippen LogP) is 7.38. The van der Waals surface area contributed by atoms with Crippen LogP contribution in [0.25, 0.3) is 11.3 Å². The molecule has 1 N–H and O–H groups in total. The lowest BCUT2D eigenvalue weighted by Crippen LogP contribution is -2.16. The average molecular weight is 393 g/mol. The quantitative estimate of drug-likeness (QED) is 0.370. The van der Waals surface area contributed by atoms with Crippen molar-refractivity contribution >= 4 is 5.69 Å². The van der Waals surface area contributed by atoms with Crippen molar-refractivity contribution in [1.29, 1.82) is 0 Å². The molecule has 1 unspecified atom stereocenters. The van der Waals surface area contributed by atoms with E-state index in [2.05, 4.69) is 117 Å². The molecule has 2 nitrogen and oxygen atoms in total. The Morgan fingerprint density at radius 3 is 2.07 bits per heavy atom. The van der Waals surface area contributed by atoms with Gasteiger partial charge < -0.3 is 5.32 Å². The van der Waals surface area contributed by atoms with Gasteiger partial charge in [0.15, 0.2) is 0 Å². The van der Waals surface area contributed by atoms with E-state index in [0.29, 0.717) is 5.92 Å². The lowest BCUT2D eigenvalue weighted by Gasteiger charge is -2.25. The lowest BCUT2D eigenvalue weighted by atomic mass is 9.95. The maximum atomic E-state index is 5.06. The van der Waals surface area contributed by atoms with Gasteiger partial charge in [-0.1, -0.05) is 98.8 Å². The minimum absolute atomic E-state index is 0.0338. The van der Waals surface area contributed by atoms with Gasteiger partial charge in [0.25, 0.3) is 0 Å². The number of benzene rings is 3. The third kappa shape index (κ3) is 4.28. The summed E-state index contributed by atoms with van der Waals surface area (Å²) in [6.45, 7) is 6.65. The Labute approximate surface area is 179 Å². The topological polar surface area (TPSA) is 24.9 Å². The number of hydrogen-bond acceptors (Lipinski definition) is 2. The van der Waals surface area contributed by atoms with Crippen LogP contribution in [0.5, 0.6) is 0 Å². The van der Waals surface area contributed by atoms with Crippen molar-refractivity contribution in [3.8, 4) is 11.3 Å². The number of nitrogens with zero attached hydrogens (tertiary/aromatic N) is 1. The van der Waals surface area contributed by atoms with Gasteiger partial charge >= 0.3 is 0 Å². The summed E-state index contributed by atoms with van der Waals surface area (Å²) >= 11 is 0. The Balaban J connectivity index is 1.80. The van der Waals surface area contributed by atoms with Crippen LogP contribution < -0.4 is 5.32 Å². The van der Waals surface area contributed by atoms with Gasteiger partial charge in [-0.05, 0) is 41.7 Å². The summed E-state index contributed by atoms with van der Waals surface area (Å²) in [5.41, 5.74) is 8.12. The number of aryl methyl sites for hydroxylation is 1. The standard InChI is InChI=1S/C28H28N2/c1-20(2)24-17-10-12-21(3)27(24)30-28(23-15-8-5-9-16-23)26-19-11-18-25(29-26)22-13-6-4-7-14-22/h4-20,28,30H,1-3H3. The molecule has 0 saturated heterocycles. The number of anilines is 1. The average Bonchev–Trinajstić information content (AvgIpc) is 2.79. The van der Waals surface area contributed by atoms with Crippen molar-refractivity contribution in [3.63, 3.8) is 0 Å². The van der Waals surface area contributed by atoms with E-state index in [-0.39, 0.29) is 6.04 Å². The molecular weight excluding hydrogens is 364 g/mol. The monoisotopic (exact) mass is 392 g/mol. The highest BCUT2D eigenvalue weighted by molar-refractivity contribution is 5.62. The largest absolute Gasteiger partial charge is 0.372 e. The zero-order chi connectivity index (χ0) is 20.9. The number of rotatable bonds is 6. The van der Waals surface area contributed by atoms with Crippen LogP contribution in [0.4, 0.5) is 5.69 Å². The van der Waals surface area contributed by atoms with Gasteiger partial charge in [0.1, 0.15) is 0 Å². The Bertz CT molecular complexity index is 1100. The zero-order valence-corrected chi connectivity index (χ0v) is 17.8. The summed E-state index contributed by atoms with van der Waals surface area (Å²) in [6.07, 6.45) is 0. The zero-order valence-electron chi connectivity index (χ0n) is 17.8. The first kappa shape index (κ1) is 19.9. The molecule has 0 bridgehead atoms. The number of para-hydroxylation sites is 1. The normalized spacial score (nSPS) is 12.0. The molecule has 0 aliphatic heterocycles. The number of aromatic nitrogens is 1. The predicted molar refractivity (Wildman–Crippen MR) is 127 cm³/mol. The molecule has 0 amide bonds. The van der Waals surface area contributed by atoms with Crippen LogP contribution in [0.3, 0.4) is 0 Å². The van der Waals surface area contributed by atoms with Crippen LogP contribution in [-0.2, 0) is 0 Å². The van der Waals surface area contributed by atoms with Crippen molar-refractivity contribution in [2.45, 2.75) is 32.7 Å². The van der Waals surface area contributed by atoms with Crippen LogP contribution in [0.1, 0.15) is 48.2 Å². The van der Waals surface area contributed by atoms with Crippen molar-refractivity contribution in [3.05, 3.63) is 119 Å². The van der Waals surface area contributed by atoms with Gasteiger partial charge in [-0.2, -0.15) is 0 Å². The van der Waals surface area contributed by atoms with E-state index in [1.54, 1.807) is 0 Å². The highest BCUT2D eigenvalue weighted by Gasteiger charge is 2.19. The van der Waals surface area contributed by atoms with Crippen molar-refractivity contribution in [1.82, 2.24) is 4.98 Å². The van der Waals surface area contributed by atoms with E-state index >= 15 is 0 Å². The summed E-state index contributed by atoms with van der Waals surface area (Å²) in [4.78, 5) is 5.06. The fraction of sp³-hybridized carbons (Fsp3) is 0.179. The van der Waals surface area contributed by atoms with Gasteiger partial charge in [0, 0.05) is 11.3 Å². The molecule has 2 heteroatoms. The van der Waals surface area contributed by atoms with E-state index in [0.717, 1.165) is 17.0 Å². The second kappa shape index (κ2) is 8.96. The molecule has 1 heterocycles. The number of hydrogen-bond donors (Lipinski definition) is 1. The van der Waals surface area contributed by atoms with Crippen LogP contribution in [0, 0.1) is 6.92 Å². The molecular formula is C28H28N2. The molecule has 0 spiro atoms. The van der Waals surface area contributed by atoms with Gasteiger partial charge in [0.2, 0.25) is 0 Å². The summed E-state index contributed by atoms with van der Waals surface area (Å²) in [5, 5.41) is 3.85. The van der Waals surface area contributed by atoms with Gasteiger partial charge in [-0.25, -0.2) is 0 Å². The molecule has 150 valence electrons. The molecule has 0 aliphatic carbocycles. The van der Waals surface area contributed by atoms with E-state index in [1.807, 2.05) is 6.07 Å². The van der Waals surface area contributed by atoms with Crippen LogP contribution >= 0.6 is 0 Å². The summed E-state index contributed by atoms with van der Waals surface area (Å²) in [7, 11) is 0. The van der Waals surface area contributed by atoms with Crippen LogP contribution in [0.15, 0.2) is 97.1 Å².